The predicted molar refractivity (Wildman–Crippen MR) is 89.3 cm³/mol. The second-order valence-electron chi connectivity index (χ2n) is 7.46. The summed E-state index contributed by atoms with van der Waals surface area (Å²) in [5, 5.41) is 15.7. The smallest absolute Gasteiger partial charge is 0.245 e. The minimum atomic E-state index is -0.902. The van der Waals surface area contributed by atoms with Crippen LogP contribution >= 0.6 is 0 Å². The second kappa shape index (κ2) is 5.88. The van der Waals surface area contributed by atoms with Crippen LogP contribution in [0.1, 0.15) is 43.2 Å². The first-order valence-corrected chi connectivity index (χ1v) is 8.93. The highest BCUT2D eigenvalue weighted by molar-refractivity contribution is 5.90. The Morgan fingerprint density at radius 1 is 1.21 bits per heavy atom. The van der Waals surface area contributed by atoms with E-state index in [1.165, 1.54) is 11.1 Å². The highest BCUT2D eigenvalue weighted by atomic mass is 16.3. The number of hydrogen-bond donors (Lipinski definition) is 3. The van der Waals surface area contributed by atoms with Crippen LogP contribution in [0.5, 0.6) is 0 Å². The van der Waals surface area contributed by atoms with E-state index in [0.29, 0.717) is 11.8 Å². The van der Waals surface area contributed by atoms with E-state index in [-0.39, 0.29) is 23.8 Å². The molecule has 3 aliphatic carbocycles. The normalized spacial score (nSPS) is 29.7. The van der Waals surface area contributed by atoms with Crippen LogP contribution in [0.15, 0.2) is 24.3 Å². The van der Waals surface area contributed by atoms with Gasteiger partial charge in [-0.3, -0.25) is 9.59 Å². The molecule has 5 unspecified atom stereocenters. The van der Waals surface area contributed by atoms with E-state index < -0.39 is 12.1 Å². The molecule has 4 rings (SSSR count). The molecule has 0 spiro atoms. The summed E-state index contributed by atoms with van der Waals surface area (Å²) in [6.07, 6.45) is 3.00. The summed E-state index contributed by atoms with van der Waals surface area (Å²) in [6, 6.07) is 7.69. The molecule has 5 nitrogen and oxygen atoms in total. The SMILES string of the molecule is CC(O)C(NC(=O)C1CC1)C(=O)NC1C2CCc3ccccc3C21. The molecule has 3 aliphatic rings. The van der Waals surface area contributed by atoms with Crippen molar-refractivity contribution >= 4 is 11.8 Å². The van der Waals surface area contributed by atoms with Gasteiger partial charge < -0.3 is 15.7 Å². The Kier molecular flexibility index (Phi) is 3.83. The topological polar surface area (TPSA) is 78.4 Å². The third-order valence-corrected chi connectivity index (χ3v) is 5.65. The quantitative estimate of drug-likeness (QED) is 0.757. The summed E-state index contributed by atoms with van der Waals surface area (Å²) >= 11 is 0. The number of aliphatic hydroxyl groups excluding tert-OH is 1. The average molecular weight is 328 g/mol. The van der Waals surface area contributed by atoms with E-state index in [2.05, 4.69) is 28.8 Å². The Hall–Kier alpha value is -1.88. The highest BCUT2D eigenvalue weighted by Crippen LogP contribution is 2.54. The molecule has 128 valence electrons. The van der Waals surface area contributed by atoms with Gasteiger partial charge in [0.15, 0.2) is 0 Å². The zero-order chi connectivity index (χ0) is 16.8. The number of amides is 2. The zero-order valence-electron chi connectivity index (χ0n) is 13.9. The van der Waals surface area contributed by atoms with Gasteiger partial charge in [-0.15, -0.1) is 0 Å². The van der Waals surface area contributed by atoms with Crippen LogP contribution in [0.4, 0.5) is 0 Å². The molecule has 5 atom stereocenters. The molecule has 0 radical (unpaired) electrons. The maximum absolute atomic E-state index is 12.6. The van der Waals surface area contributed by atoms with Crippen molar-refractivity contribution in [3.8, 4) is 0 Å². The number of aryl methyl sites for hydroxylation is 1. The first-order chi connectivity index (χ1) is 11.6. The summed E-state index contributed by atoms with van der Waals surface area (Å²) in [6.45, 7) is 1.55. The minimum absolute atomic E-state index is 0.0226. The van der Waals surface area contributed by atoms with Crippen molar-refractivity contribution in [1.82, 2.24) is 10.6 Å². The third-order valence-electron chi connectivity index (χ3n) is 5.65. The van der Waals surface area contributed by atoms with Crippen molar-refractivity contribution in [2.24, 2.45) is 11.8 Å². The lowest BCUT2D eigenvalue weighted by Crippen LogP contribution is -2.53. The van der Waals surface area contributed by atoms with Gasteiger partial charge in [0, 0.05) is 17.9 Å². The Balaban J connectivity index is 1.41. The number of nitrogens with one attached hydrogen (secondary N) is 2. The van der Waals surface area contributed by atoms with Gasteiger partial charge in [-0.1, -0.05) is 24.3 Å². The largest absolute Gasteiger partial charge is 0.391 e. The standard InChI is InChI=1S/C19H24N2O3/c1-10(22)16(20-18(23)12-6-7-12)19(24)21-17-14-9-8-11-4-2-3-5-13(11)15(14)17/h2-5,10,12,14-17,22H,6-9H2,1H3,(H,20,23)(H,21,24). The maximum atomic E-state index is 12.6. The molecule has 2 saturated carbocycles. The molecule has 0 aliphatic heterocycles. The van der Waals surface area contributed by atoms with Crippen molar-refractivity contribution < 1.29 is 14.7 Å². The summed E-state index contributed by atoms with van der Waals surface area (Å²) in [5.41, 5.74) is 2.72. The van der Waals surface area contributed by atoms with E-state index in [4.69, 9.17) is 0 Å². The van der Waals surface area contributed by atoms with Crippen molar-refractivity contribution in [1.29, 1.82) is 0 Å². The van der Waals surface area contributed by atoms with E-state index in [1.54, 1.807) is 6.92 Å². The molecular weight excluding hydrogens is 304 g/mol. The summed E-state index contributed by atoms with van der Waals surface area (Å²) < 4.78 is 0. The van der Waals surface area contributed by atoms with Gasteiger partial charge in [-0.2, -0.15) is 0 Å². The lowest BCUT2D eigenvalue weighted by Gasteiger charge is -2.21. The van der Waals surface area contributed by atoms with Crippen molar-refractivity contribution in [2.75, 3.05) is 0 Å². The number of rotatable bonds is 5. The Morgan fingerprint density at radius 3 is 2.67 bits per heavy atom. The summed E-state index contributed by atoms with van der Waals surface area (Å²) in [5.74, 6) is 0.505. The van der Waals surface area contributed by atoms with E-state index in [9.17, 15) is 14.7 Å². The first-order valence-electron chi connectivity index (χ1n) is 8.93. The fourth-order valence-electron chi connectivity index (χ4n) is 4.04. The monoisotopic (exact) mass is 328 g/mol. The molecule has 2 fully saturated rings. The zero-order valence-corrected chi connectivity index (χ0v) is 13.9. The van der Waals surface area contributed by atoms with E-state index in [0.717, 1.165) is 25.7 Å². The number of hydrogen-bond acceptors (Lipinski definition) is 3. The lowest BCUT2D eigenvalue weighted by atomic mass is 9.92. The van der Waals surface area contributed by atoms with Crippen molar-refractivity contribution in [3.05, 3.63) is 35.4 Å². The molecule has 0 saturated heterocycles. The molecule has 0 heterocycles. The van der Waals surface area contributed by atoms with Gasteiger partial charge in [0.1, 0.15) is 6.04 Å². The fraction of sp³-hybridized carbons (Fsp3) is 0.579. The van der Waals surface area contributed by atoms with Crippen molar-refractivity contribution in [3.63, 3.8) is 0 Å². The maximum Gasteiger partial charge on any atom is 0.245 e. The fourth-order valence-corrected chi connectivity index (χ4v) is 4.04. The number of benzene rings is 1. The van der Waals surface area contributed by atoms with Gasteiger partial charge >= 0.3 is 0 Å². The first kappa shape index (κ1) is 15.6. The van der Waals surface area contributed by atoms with E-state index >= 15 is 0 Å². The summed E-state index contributed by atoms with van der Waals surface area (Å²) in [4.78, 5) is 24.5. The van der Waals surface area contributed by atoms with Crippen LogP contribution in [0.3, 0.4) is 0 Å². The van der Waals surface area contributed by atoms with E-state index in [1.807, 2.05) is 6.07 Å². The molecule has 24 heavy (non-hydrogen) atoms. The summed E-state index contributed by atoms with van der Waals surface area (Å²) in [7, 11) is 0. The second-order valence-corrected chi connectivity index (χ2v) is 7.46. The Morgan fingerprint density at radius 2 is 1.96 bits per heavy atom. The average Bonchev–Trinajstić information content (AvgIpc) is 3.47. The number of aliphatic hydroxyl groups is 1. The molecule has 0 aromatic heterocycles. The van der Waals surface area contributed by atoms with Crippen LogP contribution in [0.25, 0.3) is 0 Å². The Labute approximate surface area is 141 Å². The highest BCUT2D eigenvalue weighted by Gasteiger charge is 2.54. The van der Waals surface area contributed by atoms with Crippen LogP contribution in [0, 0.1) is 11.8 Å². The van der Waals surface area contributed by atoms with Crippen molar-refractivity contribution in [2.45, 2.75) is 56.7 Å². The van der Waals surface area contributed by atoms with Crippen LogP contribution in [0.2, 0.25) is 0 Å². The number of carbonyl (C=O) groups excluding carboxylic acids is 2. The Bertz CT molecular complexity index is 668. The molecule has 2 amide bonds. The molecular formula is C19H24N2O3. The van der Waals surface area contributed by atoms with Gasteiger partial charge in [-0.05, 0) is 49.7 Å². The lowest BCUT2D eigenvalue weighted by molar-refractivity contribution is -0.132. The molecule has 5 heteroatoms. The molecule has 3 N–H and O–H groups in total. The number of fused-ring (bicyclic) bond motifs is 3. The third kappa shape index (κ3) is 2.81. The number of carbonyl (C=O) groups is 2. The van der Waals surface area contributed by atoms with Crippen LogP contribution in [-0.2, 0) is 16.0 Å². The van der Waals surface area contributed by atoms with Gasteiger partial charge in [0.2, 0.25) is 11.8 Å². The molecule has 1 aromatic carbocycles. The van der Waals surface area contributed by atoms with Gasteiger partial charge in [0.25, 0.3) is 0 Å². The van der Waals surface area contributed by atoms with Gasteiger partial charge in [-0.25, -0.2) is 0 Å². The predicted octanol–water partition coefficient (Wildman–Crippen LogP) is 1.11. The van der Waals surface area contributed by atoms with Crippen LogP contribution < -0.4 is 10.6 Å². The van der Waals surface area contributed by atoms with Gasteiger partial charge in [0.05, 0.1) is 6.10 Å². The molecule has 1 aromatic rings. The minimum Gasteiger partial charge on any atom is -0.391 e. The van der Waals surface area contributed by atoms with Crippen LogP contribution in [-0.4, -0.2) is 35.1 Å². The molecule has 0 bridgehead atoms.